The van der Waals surface area contributed by atoms with Crippen LogP contribution in [0.5, 0.6) is 11.5 Å². The minimum atomic E-state index is -0.715. The molecule has 2 aromatic carbocycles. The zero-order valence-corrected chi connectivity index (χ0v) is 19.3. The molecule has 0 fully saturated rings. The van der Waals surface area contributed by atoms with Gasteiger partial charge in [0.1, 0.15) is 6.04 Å². The molecule has 162 valence electrons. The largest absolute Gasteiger partial charge is 0.493 e. The van der Waals surface area contributed by atoms with Crippen LogP contribution in [0.15, 0.2) is 36.4 Å². The molecule has 6 nitrogen and oxygen atoms in total. The van der Waals surface area contributed by atoms with E-state index in [0.717, 1.165) is 5.56 Å². The SMILES string of the molecule is COc1cccc(CNC(=O)C(CCSC)NC(=O)c2ccc(Cl)cc2Cl)c1OC. The highest BCUT2D eigenvalue weighted by molar-refractivity contribution is 7.98. The molecule has 2 rings (SSSR count). The molecule has 9 heteroatoms. The third-order valence-electron chi connectivity index (χ3n) is 4.35. The van der Waals surface area contributed by atoms with Crippen LogP contribution in [-0.2, 0) is 11.3 Å². The Hall–Kier alpha value is -2.09. The van der Waals surface area contributed by atoms with Crippen LogP contribution in [0.2, 0.25) is 10.0 Å². The number of halogens is 2. The van der Waals surface area contributed by atoms with E-state index in [9.17, 15) is 9.59 Å². The smallest absolute Gasteiger partial charge is 0.253 e. The van der Waals surface area contributed by atoms with E-state index in [-0.39, 0.29) is 23.0 Å². The second-order valence-corrected chi connectivity index (χ2v) is 8.13. The Balaban J connectivity index is 2.11. The minimum absolute atomic E-state index is 0.227. The van der Waals surface area contributed by atoms with Crippen molar-refractivity contribution in [2.24, 2.45) is 0 Å². The maximum atomic E-state index is 12.8. The van der Waals surface area contributed by atoms with Crippen molar-refractivity contribution in [3.05, 3.63) is 57.6 Å². The molecular formula is C21H24Cl2N2O4S. The van der Waals surface area contributed by atoms with Gasteiger partial charge in [-0.25, -0.2) is 0 Å². The van der Waals surface area contributed by atoms with Crippen molar-refractivity contribution in [3.63, 3.8) is 0 Å². The number of thioether (sulfide) groups is 1. The molecule has 0 aliphatic rings. The summed E-state index contributed by atoms with van der Waals surface area (Å²) in [6.07, 6.45) is 2.41. The lowest BCUT2D eigenvalue weighted by molar-refractivity contribution is -0.123. The molecule has 0 aromatic heterocycles. The molecule has 0 aliphatic carbocycles. The first-order valence-corrected chi connectivity index (χ1v) is 11.3. The molecule has 0 spiro atoms. The molecule has 2 aromatic rings. The number of benzene rings is 2. The molecule has 30 heavy (non-hydrogen) atoms. The molecule has 1 unspecified atom stereocenters. The minimum Gasteiger partial charge on any atom is -0.493 e. The normalized spacial score (nSPS) is 11.5. The van der Waals surface area contributed by atoms with E-state index < -0.39 is 11.9 Å². The quantitative estimate of drug-likeness (QED) is 0.544. The summed E-state index contributed by atoms with van der Waals surface area (Å²) in [6, 6.07) is 9.32. The molecule has 0 bridgehead atoms. The lowest BCUT2D eigenvalue weighted by atomic mass is 10.1. The van der Waals surface area contributed by atoms with E-state index >= 15 is 0 Å². The third-order valence-corrected chi connectivity index (χ3v) is 5.54. The summed E-state index contributed by atoms with van der Waals surface area (Å²) in [5.74, 6) is 1.10. The molecule has 0 heterocycles. The number of methoxy groups -OCH3 is 2. The van der Waals surface area contributed by atoms with E-state index in [1.165, 1.54) is 12.1 Å². The van der Waals surface area contributed by atoms with Crippen molar-refractivity contribution < 1.29 is 19.1 Å². The van der Waals surface area contributed by atoms with Crippen LogP contribution in [0.1, 0.15) is 22.3 Å². The predicted octanol–water partition coefficient (Wildman–Crippen LogP) is 4.18. The van der Waals surface area contributed by atoms with E-state index in [2.05, 4.69) is 10.6 Å². The van der Waals surface area contributed by atoms with Gasteiger partial charge in [-0.3, -0.25) is 9.59 Å². The molecule has 1 atom stereocenters. The van der Waals surface area contributed by atoms with Crippen LogP contribution in [0.3, 0.4) is 0 Å². The summed E-state index contributed by atoms with van der Waals surface area (Å²) in [7, 11) is 3.09. The van der Waals surface area contributed by atoms with Crippen molar-refractivity contribution in [1.29, 1.82) is 0 Å². The average Bonchev–Trinajstić information content (AvgIpc) is 2.74. The Morgan fingerprint density at radius 3 is 2.53 bits per heavy atom. The van der Waals surface area contributed by atoms with Crippen LogP contribution in [-0.4, -0.2) is 44.1 Å². The predicted molar refractivity (Wildman–Crippen MR) is 122 cm³/mol. The van der Waals surface area contributed by atoms with E-state index in [4.69, 9.17) is 32.7 Å². The van der Waals surface area contributed by atoms with Crippen molar-refractivity contribution in [2.45, 2.75) is 19.0 Å². The maximum Gasteiger partial charge on any atom is 0.253 e. The van der Waals surface area contributed by atoms with Gasteiger partial charge < -0.3 is 20.1 Å². The summed E-state index contributed by atoms with van der Waals surface area (Å²) in [6.45, 7) is 0.229. The monoisotopic (exact) mass is 470 g/mol. The Labute approximate surface area is 190 Å². The summed E-state index contributed by atoms with van der Waals surface area (Å²) in [4.78, 5) is 25.5. The van der Waals surface area contributed by atoms with Gasteiger partial charge in [0.2, 0.25) is 5.91 Å². The number of ether oxygens (including phenoxy) is 2. The fourth-order valence-electron chi connectivity index (χ4n) is 2.81. The standard InChI is InChI=1S/C21H24Cl2N2O4S/c1-28-18-6-4-5-13(19(18)29-2)12-24-21(27)17(9-10-30-3)25-20(26)15-8-7-14(22)11-16(15)23/h4-8,11,17H,9-10,12H2,1-3H3,(H,24,27)(H,25,26). The van der Waals surface area contributed by atoms with Gasteiger partial charge >= 0.3 is 0 Å². The summed E-state index contributed by atoms with van der Waals surface area (Å²) >= 11 is 13.6. The van der Waals surface area contributed by atoms with E-state index in [1.807, 2.05) is 18.4 Å². The van der Waals surface area contributed by atoms with Gasteiger partial charge in [-0.05, 0) is 42.7 Å². The second-order valence-electron chi connectivity index (χ2n) is 6.30. The summed E-state index contributed by atoms with van der Waals surface area (Å²) in [5.41, 5.74) is 1.03. The number of carbonyl (C=O) groups is 2. The summed E-state index contributed by atoms with van der Waals surface area (Å²) < 4.78 is 10.7. The fraction of sp³-hybridized carbons (Fsp3) is 0.333. The Morgan fingerprint density at radius 1 is 1.13 bits per heavy atom. The molecule has 2 N–H and O–H groups in total. The van der Waals surface area contributed by atoms with Gasteiger partial charge in [0.25, 0.3) is 5.91 Å². The molecular weight excluding hydrogens is 447 g/mol. The highest BCUT2D eigenvalue weighted by Crippen LogP contribution is 2.30. The first kappa shape index (κ1) is 24.2. The highest BCUT2D eigenvalue weighted by Gasteiger charge is 2.23. The number of nitrogens with one attached hydrogen (secondary N) is 2. The van der Waals surface area contributed by atoms with E-state index in [1.54, 1.807) is 38.1 Å². The van der Waals surface area contributed by atoms with Crippen molar-refractivity contribution in [2.75, 3.05) is 26.2 Å². The number of carbonyl (C=O) groups excluding carboxylic acids is 2. The Morgan fingerprint density at radius 2 is 1.90 bits per heavy atom. The molecule has 0 saturated heterocycles. The first-order valence-electron chi connectivity index (χ1n) is 9.13. The molecule has 0 aliphatic heterocycles. The topological polar surface area (TPSA) is 76.7 Å². The second kappa shape index (κ2) is 11.9. The first-order chi connectivity index (χ1) is 14.4. The van der Waals surface area contributed by atoms with Crippen molar-refractivity contribution in [1.82, 2.24) is 10.6 Å². The Bertz CT molecular complexity index is 895. The lowest BCUT2D eigenvalue weighted by Gasteiger charge is -2.19. The van der Waals surface area contributed by atoms with Crippen LogP contribution in [0.4, 0.5) is 0 Å². The van der Waals surface area contributed by atoms with Gasteiger partial charge in [0, 0.05) is 17.1 Å². The zero-order chi connectivity index (χ0) is 22.1. The van der Waals surface area contributed by atoms with Gasteiger partial charge in [0.15, 0.2) is 11.5 Å². The van der Waals surface area contributed by atoms with Crippen molar-refractivity contribution in [3.8, 4) is 11.5 Å². The van der Waals surface area contributed by atoms with Gasteiger partial charge in [-0.15, -0.1) is 0 Å². The van der Waals surface area contributed by atoms with Gasteiger partial charge in [-0.1, -0.05) is 35.3 Å². The average molecular weight is 471 g/mol. The van der Waals surface area contributed by atoms with Crippen LogP contribution >= 0.6 is 35.0 Å². The third kappa shape index (κ3) is 6.45. The molecule has 2 amide bonds. The maximum absolute atomic E-state index is 12.8. The van der Waals surface area contributed by atoms with Crippen LogP contribution in [0.25, 0.3) is 0 Å². The number of hydrogen-bond acceptors (Lipinski definition) is 5. The number of para-hydroxylation sites is 1. The molecule has 0 radical (unpaired) electrons. The van der Waals surface area contributed by atoms with Gasteiger partial charge in [0.05, 0.1) is 24.8 Å². The highest BCUT2D eigenvalue weighted by atomic mass is 35.5. The zero-order valence-electron chi connectivity index (χ0n) is 17.0. The lowest BCUT2D eigenvalue weighted by Crippen LogP contribution is -2.47. The van der Waals surface area contributed by atoms with Crippen LogP contribution in [0, 0.1) is 0 Å². The summed E-state index contributed by atoms with van der Waals surface area (Å²) in [5, 5.41) is 6.29. The number of amides is 2. The van der Waals surface area contributed by atoms with Gasteiger partial charge in [-0.2, -0.15) is 11.8 Å². The molecule has 0 saturated carbocycles. The Kier molecular flexibility index (Phi) is 9.62. The van der Waals surface area contributed by atoms with Crippen molar-refractivity contribution >= 4 is 46.8 Å². The van der Waals surface area contributed by atoms with E-state index in [0.29, 0.717) is 28.7 Å². The van der Waals surface area contributed by atoms with Crippen LogP contribution < -0.4 is 20.1 Å². The number of hydrogen-bond donors (Lipinski definition) is 2. The fourth-order valence-corrected chi connectivity index (χ4v) is 3.78. The number of rotatable bonds is 10.